The SMILES string of the molecule is O=C(N[C@H]1CCN(c2nccn3ccnc23)C1)c1ncn(-c2ccccc2F)n1. The van der Waals surface area contributed by atoms with Crippen molar-refractivity contribution in [2.24, 2.45) is 0 Å². The normalized spacial score (nSPS) is 16.4. The zero-order chi connectivity index (χ0) is 19.8. The number of nitrogens with zero attached hydrogens (tertiary/aromatic N) is 7. The van der Waals surface area contributed by atoms with Gasteiger partial charge in [-0.2, -0.15) is 0 Å². The maximum Gasteiger partial charge on any atom is 0.291 e. The van der Waals surface area contributed by atoms with Gasteiger partial charge in [0.05, 0.1) is 0 Å². The Bertz CT molecular complexity index is 1190. The molecule has 0 saturated carbocycles. The zero-order valence-electron chi connectivity index (χ0n) is 15.3. The first-order chi connectivity index (χ1) is 14.2. The van der Waals surface area contributed by atoms with Crippen LogP contribution in [0.2, 0.25) is 0 Å². The molecule has 1 amide bonds. The summed E-state index contributed by atoms with van der Waals surface area (Å²) in [5.41, 5.74) is 1.02. The molecule has 9 nitrogen and oxygen atoms in total. The monoisotopic (exact) mass is 392 g/mol. The fraction of sp³-hybridized carbons (Fsp3) is 0.211. The lowest BCUT2D eigenvalue weighted by Gasteiger charge is -2.18. The van der Waals surface area contributed by atoms with Gasteiger partial charge in [-0.3, -0.25) is 4.79 Å². The molecule has 1 fully saturated rings. The van der Waals surface area contributed by atoms with Crippen molar-refractivity contribution in [1.29, 1.82) is 0 Å². The van der Waals surface area contributed by atoms with E-state index >= 15 is 0 Å². The average Bonchev–Trinajstić information content (AvgIpc) is 3.48. The molecule has 0 spiro atoms. The largest absolute Gasteiger partial charge is 0.351 e. The highest BCUT2D eigenvalue weighted by Crippen LogP contribution is 2.22. The summed E-state index contributed by atoms with van der Waals surface area (Å²) in [7, 11) is 0. The number of imidazole rings is 1. The van der Waals surface area contributed by atoms with E-state index in [9.17, 15) is 9.18 Å². The lowest BCUT2D eigenvalue weighted by Crippen LogP contribution is -2.37. The summed E-state index contributed by atoms with van der Waals surface area (Å²) in [6.45, 7) is 1.36. The molecule has 3 aromatic heterocycles. The van der Waals surface area contributed by atoms with Gasteiger partial charge in [-0.05, 0) is 18.6 Å². The Morgan fingerprint density at radius 1 is 1.14 bits per heavy atom. The molecule has 1 aliphatic rings. The van der Waals surface area contributed by atoms with Gasteiger partial charge in [0, 0.05) is 43.9 Å². The second-order valence-electron chi connectivity index (χ2n) is 6.78. The predicted molar refractivity (Wildman–Crippen MR) is 102 cm³/mol. The molecule has 29 heavy (non-hydrogen) atoms. The third kappa shape index (κ3) is 3.18. The predicted octanol–water partition coefficient (Wildman–Crippen LogP) is 1.46. The lowest BCUT2D eigenvalue weighted by atomic mass is 10.2. The van der Waals surface area contributed by atoms with Gasteiger partial charge < -0.3 is 14.6 Å². The summed E-state index contributed by atoms with van der Waals surface area (Å²) < 4.78 is 17.1. The molecule has 4 heterocycles. The molecular weight excluding hydrogens is 375 g/mol. The number of para-hydroxylation sites is 1. The van der Waals surface area contributed by atoms with Crippen molar-refractivity contribution >= 4 is 17.4 Å². The highest BCUT2D eigenvalue weighted by atomic mass is 19.1. The van der Waals surface area contributed by atoms with Gasteiger partial charge in [0.2, 0.25) is 5.82 Å². The molecule has 1 saturated heterocycles. The first-order valence-corrected chi connectivity index (χ1v) is 9.19. The van der Waals surface area contributed by atoms with Crippen LogP contribution in [0.4, 0.5) is 10.2 Å². The number of hydrogen-bond donors (Lipinski definition) is 1. The number of fused-ring (bicyclic) bond motifs is 1. The van der Waals surface area contributed by atoms with E-state index in [4.69, 9.17) is 0 Å². The van der Waals surface area contributed by atoms with Crippen molar-refractivity contribution in [3.05, 3.63) is 67.0 Å². The van der Waals surface area contributed by atoms with Gasteiger partial charge in [0.15, 0.2) is 11.5 Å². The van der Waals surface area contributed by atoms with Crippen molar-refractivity contribution in [2.45, 2.75) is 12.5 Å². The smallest absolute Gasteiger partial charge is 0.291 e. The van der Waals surface area contributed by atoms with Gasteiger partial charge in [-0.15, -0.1) is 5.10 Å². The third-order valence-corrected chi connectivity index (χ3v) is 4.91. The summed E-state index contributed by atoms with van der Waals surface area (Å²) in [6.07, 6.45) is 9.27. The maximum atomic E-state index is 13.9. The van der Waals surface area contributed by atoms with Crippen LogP contribution in [0.5, 0.6) is 0 Å². The second-order valence-corrected chi connectivity index (χ2v) is 6.78. The molecule has 0 bridgehead atoms. The number of aromatic nitrogens is 6. The highest BCUT2D eigenvalue weighted by Gasteiger charge is 2.27. The van der Waals surface area contributed by atoms with E-state index in [1.165, 1.54) is 17.1 Å². The first-order valence-electron chi connectivity index (χ1n) is 9.19. The first kappa shape index (κ1) is 17.3. The summed E-state index contributed by atoms with van der Waals surface area (Å²) in [5, 5.41) is 7.06. The third-order valence-electron chi connectivity index (χ3n) is 4.91. The van der Waals surface area contributed by atoms with Crippen LogP contribution in [0.25, 0.3) is 11.3 Å². The number of rotatable bonds is 4. The number of benzene rings is 1. The summed E-state index contributed by atoms with van der Waals surface area (Å²) >= 11 is 0. The molecule has 0 aliphatic carbocycles. The van der Waals surface area contributed by atoms with Gasteiger partial charge in [0.25, 0.3) is 5.91 Å². The Kier molecular flexibility index (Phi) is 4.15. The molecular formula is C19H17FN8O. The minimum atomic E-state index is -0.434. The molecule has 5 rings (SSSR count). The van der Waals surface area contributed by atoms with Crippen molar-refractivity contribution in [3.8, 4) is 5.69 Å². The zero-order valence-corrected chi connectivity index (χ0v) is 15.3. The van der Waals surface area contributed by atoms with Gasteiger partial charge in [-0.25, -0.2) is 24.0 Å². The quantitative estimate of drug-likeness (QED) is 0.565. The molecule has 0 radical (unpaired) electrons. The van der Waals surface area contributed by atoms with Crippen LogP contribution >= 0.6 is 0 Å². The number of amides is 1. The Morgan fingerprint density at radius 2 is 1.97 bits per heavy atom. The average molecular weight is 392 g/mol. The van der Waals surface area contributed by atoms with Crippen LogP contribution in [0.1, 0.15) is 17.0 Å². The van der Waals surface area contributed by atoms with Crippen LogP contribution in [0.15, 0.2) is 55.4 Å². The fourth-order valence-corrected chi connectivity index (χ4v) is 3.50. The number of anilines is 1. The van der Waals surface area contributed by atoms with Crippen LogP contribution in [0.3, 0.4) is 0 Å². The highest BCUT2D eigenvalue weighted by molar-refractivity contribution is 5.90. The minimum absolute atomic E-state index is 0.000173. The van der Waals surface area contributed by atoms with Crippen molar-refractivity contribution in [3.63, 3.8) is 0 Å². The fourth-order valence-electron chi connectivity index (χ4n) is 3.50. The molecule has 1 N–H and O–H groups in total. The van der Waals surface area contributed by atoms with E-state index in [0.29, 0.717) is 6.54 Å². The number of nitrogens with one attached hydrogen (secondary N) is 1. The van der Waals surface area contributed by atoms with E-state index in [1.807, 2.05) is 16.8 Å². The van der Waals surface area contributed by atoms with E-state index in [-0.39, 0.29) is 23.5 Å². The lowest BCUT2D eigenvalue weighted by molar-refractivity contribution is 0.0930. The van der Waals surface area contributed by atoms with Gasteiger partial charge in [-0.1, -0.05) is 12.1 Å². The molecule has 1 aromatic carbocycles. The summed E-state index contributed by atoms with van der Waals surface area (Å²) in [4.78, 5) is 27.5. The van der Waals surface area contributed by atoms with E-state index < -0.39 is 5.82 Å². The Labute approximate surface area is 164 Å². The van der Waals surface area contributed by atoms with Crippen molar-refractivity contribution in [2.75, 3.05) is 18.0 Å². The molecule has 0 unspecified atom stereocenters. The van der Waals surface area contributed by atoms with Crippen LogP contribution in [0, 0.1) is 5.82 Å². The van der Waals surface area contributed by atoms with Crippen molar-refractivity contribution < 1.29 is 9.18 Å². The Balaban J connectivity index is 1.28. The van der Waals surface area contributed by atoms with Crippen LogP contribution < -0.4 is 10.2 Å². The van der Waals surface area contributed by atoms with Crippen LogP contribution in [-0.2, 0) is 0 Å². The van der Waals surface area contributed by atoms with E-state index in [0.717, 1.165) is 24.4 Å². The number of carbonyl (C=O) groups is 1. The number of carbonyl (C=O) groups excluding carboxylic acids is 1. The maximum absolute atomic E-state index is 13.9. The topological polar surface area (TPSA) is 93.2 Å². The molecule has 146 valence electrons. The van der Waals surface area contributed by atoms with Crippen molar-refractivity contribution in [1.82, 2.24) is 34.4 Å². The Morgan fingerprint density at radius 3 is 2.83 bits per heavy atom. The van der Waals surface area contributed by atoms with Gasteiger partial charge in [0.1, 0.15) is 17.8 Å². The summed E-state index contributed by atoms with van der Waals surface area (Å²) in [6, 6.07) is 6.12. The van der Waals surface area contributed by atoms with Gasteiger partial charge >= 0.3 is 0 Å². The number of hydrogen-bond acceptors (Lipinski definition) is 6. The Hall–Kier alpha value is -3.82. The number of halogens is 1. The molecule has 1 aliphatic heterocycles. The van der Waals surface area contributed by atoms with E-state index in [1.54, 1.807) is 30.6 Å². The standard InChI is InChI=1S/C19H17FN8O/c20-14-3-1-2-4-15(14)28-12-23-16(25-28)19(29)24-13-5-8-27(11-13)18-17-21-6-9-26(17)10-7-22-18/h1-4,6-7,9-10,12-13H,5,8,11H2,(H,24,29)/t13-/m0/s1. The minimum Gasteiger partial charge on any atom is -0.351 e. The van der Waals surface area contributed by atoms with E-state index in [2.05, 4.69) is 30.3 Å². The molecule has 1 atom stereocenters. The summed E-state index contributed by atoms with van der Waals surface area (Å²) in [5.74, 6) is -0.0354. The van der Waals surface area contributed by atoms with Crippen LogP contribution in [-0.4, -0.2) is 54.2 Å². The molecule has 10 heteroatoms. The second kappa shape index (κ2) is 6.97. The molecule has 4 aromatic rings.